The minimum absolute atomic E-state index is 0.0531. The number of hydrogen-bond donors (Lipinski definition) is 0. The average molecular weight is 416 g/mol. The highest BCUT2D eigenvalue weighted by Gasteiger charge is 2.31. The molecule has 4 heterocycles. The molecule has 0 saturated heterocycles. The Balaban J connectivity index is 1.63. The number of amides is 1. The molecular formula is C17H14BrN5OS. The number of aromatic nitrogens is 4. The molecule has 0 fully saturated rings. The highest BCUT2D eigenvalue weighted by molar-refractivity contribution is 9.11. The topological polar surface area (TPSA) is 71.9 Å². The lowest BCUT2D eigenvalue weighted by Crippen LogP contribution is -2.39. The van der Waals surface area contributed by atoms with E-state index in [0.29, 0.717) is 23.8 Å². The van der Waals surface area contributed by atoms with Gasteiger partial charge in [0.2, 0.25) is 0 Å². The molecule has 0 saturated carbocycles. The Morgan fingerprint density at radius 2 is 2.16 bits per heavy atom. The summed E-state index contributed by atoms with van der Waals surface area (Å²) in [5, 5.41) is 0.494. The molecule has 3 aromatic heterocycles. The van der Waals surface area contributed by atoms with Crippen LogP contribution < -0.4 is 0 Å². The van der Waals surface area contributed by atoms with E-state index in [0.717, 1.165) is 20.7 Å². The van der Waals surface area contributed by atoms with E-state index in [9.17, 15) is 4.79 Å². The molecule has 3 aromatic rings. The van der Waals surface area contributed by atoms with Gasteiger partial charge >= 0.3 is 0 Å². The van der Waals surface area contributed by atoms with Gasteiger partial charge in [0.25, 0.3) is 5.91 Å². The van der Waals surface area contributed by atoms with Crippen LogP contribution in [0.1, 0.15) is 34.0 Å². The predicted octanol–water partition coefficient (Wildman–Crippen LogP) is 3.52. The van der Waals surface area contributed by atoms with Crippen LogP contribution in [-0.4, -0.2) is 37.3 Å². The number of rotatable bonds is 2. The molecule has 0 spiro atoms. The highest BCUT2D eigenvalue weighted by Crippen LogP contribution is 2.31. The zero-order chi connectivity index (χ0) is 17.4. The summed E-state index contributed by atoms with van der Waals surface area (Å²) in [7, 11) is 0. The Morgan fingerprint density at radius 3 is 2.88 bits per heavy atom. The molecule has 25 heavy (non-hydrogen) atoms. The second-order valence-electron chi connectivity index (χ2n) is 5.70. The van der Waals surface area contributed by atoms with Crippen molar-refractivity contribution in [3.05, 3.63) is 56.8 Å². The molecule has 1 amide bonds. The van der Waals surface area contributed by atoms with Gasteiger partial charge in [-0.2, -0.15) is 0 Å². The Morgan fingerprint density at radius 1 is 1.28 bits per heavy atom. The molecule has 0 N–H and O–H groups in total. The summed E-state index contributed by atoms with van der Waals surface area (Å²) in [6.07, 6.45) is 5.89. The molecule has 8 heteroatoms. The number of pyridine rings is 1. The van der Waals surface area contributed by atoms with Gasteiger partial charge in [-0.1, -0.05) is 6.07 Å². The van der Waals surface area contributed by atoms with Crippen molar-refractivity contribution in [3.63, 3.8) is 0 Å². The molecule has 0 aliphatic carbocycles. The standard InChI is InChI=1S/C17H14BrN5OS/c1-10-11-8-20-15(13-4-2-3-6-19-13)22-12(11)5-7-23(10)17(24)16-21-9-14(18)25-16/h2-4,6,8-10H,5,7H2,1H3. The van der Waals surface area contributed by atoms with E-state index in [1.54, 1.807) is 12.4 Å². The highest BCUT2D eigenvalue weighted by atomic mass is 79.9. The molecule has 1 unspecified atom stereocenters. The van der Waals surface area contributed by atoms with E-state index in [2.05, 4.69) is 35.9 Å². The van der Waals surface area contributed by atoms with Gasteiger partial charge in [0.05, 0.1) is 21.7 Å². The van der Waals surface area contributed by atoms with Gasteiger partial charge in [0.15, 0.2) is 10.8 Å². The Hall–Kier alpha value is -2.19. The lowest BCUT2D eigenvalue weighted by molar-refractivity contribution is 0.0675. The Labute approximate surface area is 157 Å². The molecule has 0 radical (unpaired) electrons. The SMILES string of the molecule is CC1c2cnc(-c3ccccn3)nc2CCN1C(=O)c1ncc(Br)s1. The van der Waals surface area contributed by atoms with E-state index < -0.39 is 0 Å². The molecule has 0 bridgehead atoms. The van der Waals surface area contributed by atoms with Gasteiger partial charge in [-0.05, 0) is 35.0 Å². The van der Waals surface area contributed by atoms with Crippen LogP contribution in [0.5, 0.6) is 0 Å². The molecule has 4 rings (SSSR count). The van der Waals surface area contributed by atoms with Crippen molar-refractivity contribution < 1.29 is 4.79 Å². The zero-order valence-corrected chi connectivity index (χ0v) is 15.8. The minimum atomic E-state index is -0.0864. The van der Waals surface area contributed by atoms with Crippen molar-refractivity contribution in [2.75, 3.05) is 6.54 Å². The molecular weight excluding hydrogens is 402 g/mol. The molecule has 6 nitrogen and oxygen atoms in total. The monoisotopic (exact) mass is 415 g/mol. The van der Waals surface area contributed by atoms with Crippen molar-refractivity contribution >= 4 is 33.2 Å². The number of fused-ring (bicyclic) bond motifs is 1. The first-order chi connectivity index (χ1) is 12.1. The fraction of sp³-hybridized carbons (Fsp3) is 0.235. The zero-order valence-electron chi connectivity index (χ0n) is 13.4. The number of carbonyl (C=O) groups excluding carboxylic acids is 1. The summed E-state index contributed by atoms with van der Waals surface area (Å²) in [5.74, 6) is 0.567. The number of hydrogen-bond acceptors (Lipinski definition) is 6. The quantitative estimate of drug-likeness (QED) is 0.639. The third-order valence-corrected chi connectivity index (χ3v) is 5.69. The maximum absolute atomic E-state index is 12.7. The lowest BCUT2D eigenvalue weighted by atomic mass is 9.99. The van der Waals surface area contributed by atoms with Crippen LogP contribution in [-0.2, 0) is 6.42 Å². The summed E-state index contributed by atoms with van der Waals surface area (Å²) in [6.45, 7) is 2.62. The summed E-state index contributed by atoms with van der Waals surface area (Å²) in [4.78, 5) is 32.2. The molecule has 1 aliphatic rings. The number of carbonyl (C=O) groups is 1. The van der Waals surface area contributed by atoms with Crippen LogP contribution in [0.25, 0.3) is 11.5 Å². The van der Waals surface area contributed by atoms with Crippen LogP contribution in [0.4, 0.5) is 0 Å². The third kappa shape index (κ3) is 3.07. The molecule has 1 atom stereocenters. The third-order valence-electron chi connectivity index (χ3n) is 4.22. The van der Waals surface area contributed by atoms with Gasteiger partial charge in [-0.15, -0.1) is 11.3 Å². The van der Waals surface area contributed by atoms with Gasteiger partial charge in [-0.25, -0.2) is 15.0 Å². The van der Waals surface area contributed by atoms with Crippen molar-refractivity contribution in [1.82, 2.24) is 24.8 Å². The first-order valence-electron chi connectivity index (χ1n) is 7.83. The number of thiazole rings is 1. The largest absolute Gasteiger partial charge is 0.329 e. The van der Waals surface area contributed by atoms with Crippen molar-refractivity contribution in [3.8, 4) is 11.5 Å². The maximum Gasteiger partial charge on any atom is 0.283 e. The van der Waals surface area contributed by atoms with Gasteiger partial charge in [0, 0.05) is 30.9 Å². The van der Waals surface area contributed by atoms with Crippen LogP contribution in [0.2, 0.25) is 0 Å². The average Bonchev–Trinajstić information content (AvgIpc) is 3.08. The summed E-state index contributed by atoms with van der Waals surface area (Å²) >= 11 is 4.70. The minimum Gasteiger partial charge on any atom is -0.329 e. The van der Waals surface area contributed by atoms with Gasteiger partial charge in [0.1, 0.15) is 5.69 Å². The van der Waals surface area contributed by atoms with Crippen molar-refractivity contribution in [1.29, 1.82) is 0 Å². The van der Waals surface area contributed by atoms with E-state index in [4.69, 9.17) is 0 Å². The van der Waals surface area contributed by atoms with Crippen LogP contribution in [0, 0.1) is 0 Å². The van der Waals surface area contributed by atoms with Crippen LogP contribution in [0.15, 0.2) is 40.6 Å². The van der Waals surface area contributed by atoms with Crippen LogP contribution >= 0.6 is 27.3 Å². The van der Waals surface area contributed by atoms with Crippen molar-refractivity contribution in [2.24, 2.45) is 0 Å². The second kappa shape index (κ2) is 6.61. The normalized spacial score (nSPS) is 16.6. The number of nitrogens with zero attached hydrogens (tertiary/aromatic N) is 5. The van der Waals surface area contributed by atoms with Crippen LogP contribution in [0.3, 0.4) is 0 Å². The van der Waals surface area contributed by atoms with E-state index in [1.807, 2.05) is 36.2 Å². The second-order valence-corrected chi connectivity index (χ2v) is 8.11. The fourth-order valence-electron chi connectivity index (χ4n) is 2.94. The van der Waals surface area contributed by atoms with E-state index >= 15 is 0 Å². The van der Waals surface area contributed by atoms with Gasteiger partial charge in [-0.3, -0.25) is 9.78 Å². The smallest absolute Gasteiger partial charge is 0.283 e. The summed E-state index contributed by atoms with van der Waals surface area (Å²) in [5.41, 5.74) is 2.71. The van der Waals surface area contributed by atoms with Gasteiger partial charge < -0.3 is 4.90 Å². The predicted molar refractivity (Wildman–Crippen MR) is 98.2 cm³/mol. The first kappa shape index (κ1) is 16.3. The molecule has 1 aliphatic heterocycles. The van der Waals surface area contributed by atoms with E-state index in [-0.39, 0.29) is 11.9 Å². The number of halogens is 1. The van der Waals surface area contributed by atoms with E-state index in [1.165, 1.54) is 11.3 Å². The lowest BCUT2D eigenvalue weighted by Gasteiger charge is -2.33. The molecule has 0 aromatic carbocycles. The Kier molecular flexibility index (Phi) is 4.30. The fourth-order valence-corrected chi connectivity index (χ4v) is 4.10. The van der Waals surface area contributed by atoms with Crippen molar-refractivity contribution in [2.45, 2.75) is 19.4 Å². The first-order valence-corrected chi connectivity index (χ1v) is 9.44. The Bertz CT molecular complexity index is 930. The summed E-state index contributed by atoms with van der Waals surface area (Å²) < 4.78 is 0.851. The molecule has 126 valence electrons. The maximum atomic E-state index is 12.7. The summed E-state index contributed by atoms with van der Waals surface area (Å²) in [6, 6.07) is 5.59.